The van der Waals surface area contributed by atoms with Crippen LogP contribution in [0.1, 0.15) is 57.9 Å². The lowest BCUT2D eigenvalue weighted by atomic mass is 9.40. The molecule has 2 unspecified atom stereocenters. The van der Waals surface area contributed by atoms with Crippen LogP contribution in [0.4, 0.5) is 0 Å². The number of likely N-dealkylation sites (tertiary alicyclic amines) is 1. The van der Waals surface area contributed by atoms with Crippen molar-refractivity contribution in [2.24, 2.45) is 34.3 Å². The van der Waals surface area contributed by atoms with Gasteiger partial charge in [-0.15, -0.1) is 0 Å². The van der Waals surface area contributed by atoms with Crippen molar-refractivity contribution < 1.29 is 0 Å². The maximum absolute atomic E-state index is 6.46. The molecule has 6 rings (SSSR count). The van der Waals surface area contributed by atoms with Crippen LogP contribution in [0.3, 0.4) is 0 Å². The van der Waals surface area contributed by atoms with Gasteiger partial charge in [0.2, 0.25) is 0 Å². The maximum Gasteiger partial charge on any atom is 0.0842 e. The minimum atomic E-state index is 0.142. The summed E-state index contributed by atoms with van der Waals surface area (Å²) in [7, 11) is 0. The van der Waals surface area contributed by atoms with Crippen molar-refractivity contribution in [2.45, 2.75) is 63.8 Å². The van der Waals surface area contributed by atoms with E-state index in [2.05, 4.69) is 67.1 Å². The summed E-state index contributed by atoms with van der Waals surface area (Å²) in [4.78, 5) is 3.87. The minimum absolute atomic E-state index is 0.142. The molecule has 2 nitrogen and oxygen atoms in total. The highest BCUT2D eigenvalue weighted by molar-refractivity contribution is 7.98. The van der Waals surface area contributed by atoms with Crippen molar-refractivity contribution in [2.75, 3.05) is 25.1 Å². The van der Waals surface area contributed by atoms with Crippen LogP contribution in [-0.4, -0.2) is 41.0 Å². The van der Waals surface area contributed by atoms with Gasteiger partial charge in [0.15, 0.2) is 0 Å². The molecule has 2 N–H and O–H groups in total. The molecule has 164 valence electrons. The van der Waals surface area contributed by atoms with E-state index in [1.807, 2.05) is 0 Å². The lowest BCUT2D eigenvalue weighted by molar-refractivity contribution is -0.0769. The highest BCUT2D eigenvalue weighted by Crippen LogP contribution is 2.68. The predicted molar refractivity (Wildman–Crippen MR) is 133 cm³/mol. The molecule has 4 saturated carbocycles. The van der Waals surface area contributed by atoms with Gasteiger partial charge >= 0.3 is 0 Å². The van der Waals surface area contributed by atoms with E-state index < -0.39 is 0 Å². The van der Waals surface area contributed by atoms with E-state index in [-0.39, 0.29) is 16.9 Å². The molecule has 0 amide bonds. The number of piperidine rings is 1. The van der Waals surface area contributed by atoms with E-state index in [9.17, 15) is 0 Å². The highest BCUT2D eigenvalue weighted by Gasteiger charge is 2.63. The van der Waals surface area contributed by atoms with Crippen LogP contribution < -0.4 is 5.73 Å². The van der Waals surface area contributed by atoms with E-state index in [4.69, 9.17) is 18.0 Å². The zero-order chi connectivity index (χ0) is 21.1. The fourth-order valence-corrected chi connectivity index (χ4v) is 9.30. The second-order valence-electron chi connectivity index (χ2n) is 11.7. The zero-order valence-corrected chi connectivity index (χ0v) is 20.5. The summed E-state index contributed by atoms with van der Waals surface area (Å²) in [5.41, 5.74) is 8.74. The van der Waals surface area contributed by atoms with Gasteiger partial charge in [-0.2, -0.15) is 11.8 Å². The number of benzene rings is 1. The first-order valence-electron chi connectivity index (χ1n) is 11.9. The lowest BCUT2D eigenvalue weighted by Crippen LogP contribution is -2.64. The van der Waals surface area contributed by atoms with E-state index in [0.29, 0.717) is 5.41 Å². The molecule has 5 aliphatic rings. The van der Waals surface area contributed by atoms with Gasteiger partial charge in [-0.1, -0.05) is 56.4 Å². The summed E-state index contributed by atoms with van der Waals surface area (Å²) in [6.07, 6.45) is 10.0. The Labute approximate surface area is 192 Å². The molecule has 30 heavy (non-hydrogen) atoms. The van der Waals surface area contributed by atoms with Crippen molar-refractivity contribution in [1.82, 2.24) is 4.90 Å². The molecular formula is C26H38N2S2. The van der Waals surface area contributed by atoms with Gasteiger partial charge in [0, 0.05) is 24.5 Å². The minimum Gasteiger partial charge on any atom is -0.365 e. The quantitative estimate of drug-likeness (QED) is 0.624. The van der Waals surface area contributed by atoms with E-state index >= 15 is 0 Å². The maximum atomic E-state index is 6.46. The van der Waals surface area contributed by atoms with Crippen LogP contribution in [0, 0.1) is 28.6 Å². The molecule has 0 aromatic heterocycles. The summed E-state index contributed by atoms with van der Waals surface area (Å²) in [5.74, 6) is 3.88. The monoisotopic (exact) mass is 442 g/mol. The average Bonchev–Trinajstić information content (AvgIpc) is 2.72. The van der Waals surface area contributed by atoms with E-state index in [0.717, 1.165) is 37.3 Å². The Morgan fingerprint density at radius 1 is 1.13 bits per heavy atom. The Balaban J connectivity index is 1.49. The molecular weight excluding hydrogens is 404 g/mol. The number of thioether (sulfide) groups is 1. The van der Waals surface area contributed by atoms with Gasteiger partial charge in [-0.25, -0.2) is 0 Å². The average molecular weight is 443 g/mol. The predicted octanol–water partition coefficient (Wildman–Crippen LogP) is 5.50. The Hall–Kier alpha value is -0.580. The van der Waals surface area contributed by atoms with Gasteiger partial charge in [-0.05, 0) is 84.7 Å². The Morgan fingerprint density at radius 3 is 2.40 bits per heavy atom. The molecule has 1 heterocycles. The first kappa shape index (κ1) is 21.3. The van der Waals surface area contributed by atoms with Crippen LogP contribution in [0.15, 0.2) is 30.3 Å². The van der Waals surface area contributed by atoms with Crippen molar-refractivity contribution in [1.29, 1.82) is 0 Å². The summed E-state index contributed by atoms with van der Waals surface area (Å²) < 4.78 is 0. The molecule has 1 aliphatic heterocycles. The fourth-order valence-electron chi connectivity index (χ4n) is 7.97. The van der Waals surface area contributed by atoms with Gasteiger partial charge < -0.3 is 10.6 Å². The summed E-state index contributed by atoms with van der Waals surface area (Å²) >= 11 is 8.44. The Kier molecular flexibility index (Phi) is 5.31. The SMILES string of the molecule is CSCC1C2CC3(C(=S)N4CC[C@H](N)C(C)(C)C4)CC1CC(c1ccccc1)(C2)C3. The third-order valence-electron chi connectivity index (χ3n) is 9.30. The van der Waals surface area contributed by atoms with Crippen LogP contribution in [0.25, 0.3) is 0 Å². The fraction of sp³-hybridized carbons (Fsp3) is 0.731. The van der Waals surface area contributed by atoms with Gasteiger partial charge in [0.05, 0.1) is 4.99 Å². The topological polar surface area (TPSA) is 29.3 Å². The van der Waals surface area contributed by atoms with Crippen molar-refractivity contribution in [3.8, 4) is 0 Å². The number of rotatable bonds is 4. The molecule has 0 spiro atoms. The molecule has 1 aromatic rings. The molecule has 1 saturated heterocycles. The number of hydrogen-bond acceptors (Lipinski definition) is 3. The largest absolute Gasteiger partial charge is 0.365 e. The molecule has 4 aliphatic carbocycles. The Bertz CT molecular complexity index is 789. The lowest BCUT2D eigenvalue weighted by Gasteiger charge is -2.66. The van der Waals surface area contributed by atoms with Crippen molar-refractivity contribution >= 4 is 29.0 Å². The Morgan fingerprint density at radius 2 is 1.80 bits per heavy atom. The third kappa shape index (κ3) is 3.28. The number of nitrogens with two attached hydrogens (primary N) is 1. The molecule has 4 bridgehead atoms. The summed E-state index contributed by atoms with van der Waals surface area (Å²) in [6.45, 7) is 6.72. The first-order valence-corrected chi connectivity index (χ1v) is 13.7. The third-order valence-corrected chi connectivity index (χ3v) is 10.7. The van der Waals surface area contributed by atoms with Gasteiger partial charge in [0.25, 0.3) is 0 Å². The summed E-state index contributed by atoms with van der Waals surface area (Å²) in [6, 6.07) is 11.7. The zero-order valence-electron chi connectivity index (χ0n) is 18.9. The second-order valence-corrected chi connectivity index (χ2v) is 13.0. The highest BCUT2D eigenvalue weighted by atomic mass is 32.2. The molecule has 0 radical (unpaired) electrons. The standard InChI is InChI=1S/C26H38N2S2/c1-24(2)17-28(10-9-22(24)27)23(29)26-13-18-11-25(16-26,20-7-5-4-6-8-20)12-19(14-26)21(18)15-30-3/h4-8,18-19,21-22H,9-17,27H2,1-3H3/t18?,19?,21?,22-,25?,26?/m0/s1. The smallest absolute Gasteiger partial charge is 0.0842 e. The molecule has 4 heteroatoms. The molecule has 3 atom stereocenters. The van der Waals surface area contributed by atoms with E-state index in [1.165, 1.54) is 42.8 Å². The molecule has 1 aromatic carbocycles. The first-order chi connectivity index (χ1) is 14.3. The number of hydrogen-bond donors (Lipinski definition) is 1. The van der Waals surface area contributed by atoms with Crippen LogP contribution in [0.5, 0.6) is 0 Å². The van der Waals surface area contributed by atoms with E-state index in [1.54, 1.807) is 5.56 Å². The summed E-state index contributed by atoms with van der Waals surface area (Å²) in [5, 5.41) is 0. The normalized spacial score (nSPS) is 41.8. The van der Waals surface area contributed by atoms with Crippen LogP contribution in [-0.2, 0) is 5.41 Å². The number of thiocarbonyl (C=S) groups is 1. The van der Waals surface area contributed by atoms with Gasteiger partial charge in [0.1, 0.15) is 0 Å². The molecule has 5 fully saturated rings. The number of nitrogens with zero attached hydrogens (tertiary/aromatic N) is 1. The van der Waals surface area contributed by atoms with Crippen LogP contribution >= 0.6 is 24.0 Å². The van der Waals surface area contributed by atoms with Crippen molar-refractivity contribution in [3.63, 3.8) is 0 Å². The van der Waals surface area contributed by atoms with Gasteiger partial charge in [-0.3, -0.25) is 0 Å². The van der Waals surface area contributed by atoms with Crippen LogP contribution in [0.2, 0.25) is 0 Å². The second kappa shape index (κ2) is 7.49. The van der Waals surface area contributed by atoms with Crippen molar-refractivity contribution in [3.05, 3.63) is 35.9 Å².